The highest BCUT2D eigenvalue weighted by Crippen LogP contribution is 2.10. The number of aromatic nitrogens is 2. The van der Waals surface area contributed by atoms with Gasteiger partial charge in [0.15, 0.2) is 0 Å². The maximum atomic E-state index is 5.10. The Labute approximate surface area is 108 Å². The molecule has 0 aromatic carbocycles. The number of nitrogens with zero attached hydrogens (tertiary/aromatic N) is 3. The summed E-state index contributed by atoms with van der Waals surface area (Å²) in [6, 6.07) is 1.80. The van der Waals surface area contributed by atoms with Crippen molar-refractivity contribution in [2.75, 3.05) is 52.8 Å². The zero-order valence-corrected chi connectivity index (χ0v) is 11.6. The average Bonchev–Trinajstić information content (AvgIpc) is 2.35. The van der Waals surface area contributed by atoms with Crippen LogP contribution in [0.2, 0.25) is 0 Å². The number of aryl methyl sites for hydroxylation is 1. The van der Waals surface area contributed by atoms with E-state index in [9.17, 15) is 0 Å². The molecule has 102 valence electrons. The van der Waals surface area contributed by atoms with E-state index in [1.54, 1.807) is 20.3 Å². The fraction of sp³-hybridized carbons (Fsp3) is 0.667. The van der Waals surface area contributed by atoms with Gasteiger partial charge in [0.2, 0.25) is 11.8 Å². The molecule has 0 aliphatic carbocycles. The molecule has 1 aromatic heterocycles. The molecule has 1 rings (SSSR count). The number of hydrogen-bond donors (Lipinski definition) is 1. The van der Waals surface area contributed by atoms with Crippen molar-refractivity contribution in [2.24, 2.45) is 0 Å². The van der Waals surface area contributed by atoms with Crippen LogP contribution in [-0.2, 0) is 4.74 Å². The number of hydrogen-bond acceptors (Lipinski definition) is 6. The lowest BCUT2D eigenvalue weighted by Crippen LogP contribution is -2.28. The molecule has 0 fully saturated rings. The third-order valence-electron chi connectivity index (χ3n) is 2.49. The van der Waals surface area contributed by atoms with Gasteiger partial charge in [-0.3, -0.25) is 0 Å². The average molecular weight is 254 g/mol. The molecule has 6 nitrogen and oxygen atoms in total. The lowest BCUT2D eigenvalue weighted by atomic mass is 10.4. The third kappa shape index (κ3) is 5.29. The molecular weight excluding hydrogens is 232 g/mol. The van der Waals surface area contributed by atoms with Crippen molar-refractivity contribution >= 4 is 5.95 Å². The fourth-order valence-electron chi connectivity index (χ4n) is 1.44. The van der Waals surface area contributed by atoms with E-state index in [-0.39, 0.29) is 0 Å². The third-order valence-corrected chi connectivity index (χ3v) is 2.49. The van der Waals surface area contributed by atoms with Crippen molar-refractivity contribution in [2.45, 2.75) is 6.92 Å². The van der Waals surface area contributed by atoms with Crippen molar-refractivity contribution < 1.29 is 9.47 Å². The van der Waals surface area contributed by atoms with Crippen LogP contribution in [0.15, 0.2) is 6.07 Å². The van der Waals surface area contributed by atoms with Gasteiger partial charge in [0.25, 0.3) is 0 Å². The zero-order valence-electron chi connectivity index (χ0n) is 11.6. The number of anilines is 1. The fourth-order valence-corrected chi connectivity index (χ4v) is 1.44. The molecule has 0 aliphatic heterocycles. The predicted octanol–water partition coefficient (Wildman–Crippen LogP) is 0.784. The SMILES string of the molecule is COCCN(C)CCNc1nc(C)cc(OC)n1. The molecule has 1 N–H and O–H groups in total. The molecule has 1 heterocycles. The molecule has 0 saturated heterocycles. The number of rotatable bonds is 8. The maximum absolute atomic E-state index is 5.10. The highest BCUT2D eigenvalue weighted by atomic mass is 16.5. The highest BCUT2D eigenvalue weighted by Gasteiger charge is 2.02. The molecule has 6 heteroatoms. The van der Waals surface area contributed by atoms with Gasteiger partial charge in [-0.05, 0) is 14.0 Å². The van der Waals surface area contributed by atoms with Gasteiger partial charge < -0.3 is 19.7 Å². The zero-order chi connectivity index (χ0) is 13.4. The summed E-state index contributed by atoms with van der Waals surface area (Å²) in [6.45, 7) is 5.26. The Morgan fingerprint density at radius 1 is 1.28 bits per heavy atom. The van der Waals surface area contributed by atoms with Crippen molar-refractivity contribution in [3.05, 3.63) is 11.8 Å². The lowest BCUT2D eigenvalue weighted by Gasteiger charge is -2.16. The Balaban J connectivity index is 2.36. The number of methoxy groups -OCH3 is 2. The number of ether oxygens (including phenoxy) is 2. The minimum Gasteiger partial charge on any atom is -0.481 e. The molecular formula is C12H22N4O2. The molecule has 1 aromatic rings. The van der Waals surface area contributed by atoms with Gasteiger partial charge in [-0.15, -0.1) is 0 Å². The van der Waals surface area contributed by atoms with Gasteiger partial charge in [-0.25, -0.2) is 4.98 Å². The van der Waals surface area contributed by atoms with E-state index in [1.165, 1.54) is 0 Å². The maximum Gasteiger partial charge on any atom is 0.226 e. The molecule has 0 unspecified atom stereocenters. The first kappa shape index (κ1) is 14.7. The largest absolute Gasteiger partial charge is 0.481 e. The van der Waals surface area contributed by atoms with Gasteiger partial charge in [0.05, 0.1) is 13.7 Å². The van der Waals surface area contributed by atoms with Crippen molar-refractivity contribution in [1.29, 1.82) is 0 Å². The van der Waals surface area contributed by atoms with Gasteiger partial charge in [-0.1, -0.05) is 0 Å². The monoisotopic (exact) mass is 254 g/mol. The second kappa shape index (κ2) is 7.84. The summed E-state index contributed by atoms with van der Waals surface area (Å²) < 4.78 is 10.1. The normalized spacial score (nSPS) is 10.7. The first-order valence-electron chi connectivity index (χ1n) is 5.96. The van der Waals surface area contributed by atoms with Crippen LogP contribution in [-0.4, -0.2) is 62.4 Å². The van der Waals surface area contributed by atoms with E-state index < -0.39 is 0 Å². The predicted molar refractivity (Wildman–Crippen MR) is 71.2 cm³/mol. The van der Waals surface area contributed by atoms with Crippen LogP contribution in [0.25, 0.3) is 0 Å². The van der Waals surface area contributed by atoms with Crippen molar-refractivity contribution in [3.8, 4) is 5.88 Å². The Bertz CT molecular complexity index is 360. The minimum atomic E-state index is 0.581. The van der Waals surface area contributed by atoms with Gasteiger partial charge in [0, 0.05) is 38.5 Å². The van der Waals surface area contributed by atoms with Gasteiger partial charge in [-0.2, -0.15) is 4.98 Å². The van der Waals surface area contributed by atoms with Crippen LogP contribution < -0.4 is 10.1 Å². The molecule has 0 saturated carbocycles. The standard InChI is InChI=1S/C12H22N4O2/c1-10-9-11(18-4)15-12(14-10)13-5-6-16(2)7-8-17-3/h9H,5-8H2,1-4H3,(H,13,14,15). The van der Waals surface area contributed by atoms with E-state index in [4.69, 9.17) is 9.47 Å². The molecule has 0 amide bonds. The number of likely N-dealkylation sites (N-methyl/N-ethyl adjacent to an activating group) is 1. The summed E-state index contributed by atoms with van der Waals surface area (Å²) in [6.07, 6.45) is 0. The number of nitrogens with one attached hydrogen (secondary N) is 1. The summed E-state index contributed by atoms with van der Waals surface area (Å²) in [5.74, 6) is 1.18. The second-order valence-corrected chi connectivity index (χ2v) is 4.10. The van der Waals surface area contributed by atoms with E-state index in [0.717, 1.165) is 31.9 Å². The molecule has 0 spiro atoms. The van der Waals surface area contributed by atoms with Gasteiger partial charge in [0.1, 0.15) is 0 Å². The topological polar surface area (TPSA) is 59.5 Å². The van der Waals surface area contributed by atoms with E-state index in [1.807, 2.05) is 6.92 Å². The summed E-state index contributed by atoms with van der Waals surface area (Å²) in [5.41, 5.74) is 0.886. The van der Waals surface area contributed by atoms with Crippen LogP contribution >= 0.6 is 0 Å². The van der Waals surface area contributed by atoms with Crippen LogP contribution in [0.1, 0.15) is 5.69 Å². The van der Waals surface area contributed by atoms with Crippen LogP contribution in [0.3, 0.4) is 0 Å². The minimum absolute atomic E-state index is 0.581. The summed E-state index contributed by atoms with van der Waals surface area (Å²) in [7, 11) is 5.36. The lowest BCUT2D eigenvalue weighted by molar-refractivity contribution is 0.163. The van der Waals surface area contributed by atoms with Crippen LogP contribution in [0.4, 0.5) is 5.95 Å². The quantitative estimate of drug-likeness (QED) is 0.740. The van der Waals surface area contributed by atoms with Gasteiger partial charge >= 0.3 is 0 Å². The molecule has 0 radical (unpaired) electrons. The van der Waals surface area contributed by atoms with E-state index >= 15 is 0 Å². The first-order valence-corrected chi connectivity index (χ1v) is 5.96. The Morgan fingerprint density at radius 3 is 2.72 bits per heavy atom. The highest BCUT2D eigenvalue weighted by molar-refractivity contribution is 5.30. The second-order valence-electron chi connectivity index (χ2n) is 4.10. The Kier molecular flexibility index (Phi) is 6.38. The summed E-state index contributed by atoms with van der Waals surface area (Å²) in [4.78, 5) is 10.7. The Hall–Kier alpha value is -1.40. The molecule has 0 atom stereocenters. The first-order chi connectivity index (χ1) is 8.65. The summed E-state index contributed by atoms with van der Waals surface area (Å²) >= 11 is 0. The van der Waals surface area contributed by atoms with E-state index in [0.29, 0.717) is 11.8 Å². The van der Waals surface area contributed by atoms with Crippen LogP contribution in [0.5, 0.6) is 5.88 Å². The molecule has 0 bridgehead atoms. The molecule has 18 heavy (non-hydrogen) atoms. The smallest absolute Gasteiger partial charge is 0.226 e. The van der Waals surface area contributed by atoms with Crippen molar-refractivity contribution in [1.82, 2.24) is 14.9 Å². The van der Waals surface area contributed by atoms with Crippen LogP contribution in [0, 0.1) is 6.92 Å². The van der Waals surface area contributed by atoms with Crippen molar-refractivity contribution in [3.63, 3.8) is 0 Å². The van der Waals surface area contributed by atoms with E-state index in [2.05, 4.69) is 27.2 Å². The Morgan fingerprint density at radius 2 is 2.06 bits per heavy atom. The summed E-state index contributed by atoms with van der Waals surface area (Å²) in [5, 5.41) is 3.18. The molecule has 0 aliphatic rings.